The fourth-order valence-electron chi connectivity index (χ4n) is 2.20. The first-order valence-electron chi connectivity index (χ1n) is 9.13. The lowest BCUT2D eigenvalue weighted by Crippen LogP contribution is -2.08. The second kappa shape index (κ2) is 12.0. The summed E-state index contributed by atoms with van der Waals surface area (Å²) in [5.74, 6) is -0.681. The number of alkyl halides is 5. The smallest absolute Gasteiger partial charge is 0.416 e. The van der Waals surface area contributed by atoms with E-state index < -0.39 is 24.1 Å². The number of carbonyl (C=O) groups is 1. The molecule has 9 heteroatoms. The highest BCUT2D eigenvalue weighted by atomic mass is 19.4. The van der Waals surface area contributed by atoms with Gasteiger partial charge in [-0.25, -0.2) is 0 Å². The number of aryl methyl sites for hydroxylation is 1. The van der Waals surface area contributed by atoms with E-state index in [-0.39, 0.29) is 11.7 Å². The van der Waals surface area contributed by atoms with Crippen molar-refractivity contribution in [3.8, 4) is 17.2 Å². The SMILES string of the molecule is CCCC(=O)OCC.Cc1cccc(Oc2ccc(C(F)(F)F)cc2OC(F)F)c1. The Labute approximate surface area is 171 Å². The Morgan fingerprint density at radius 1 is 1.03 bits per heavy atom. The highest BCUT2D eigenvalue weighted by Gasteiger charge is 2.32. The zero-order chi connectivity index (χ0) is 22.7. The number of carbonyl (C=O) groups excluding carboxylic acids is 1. The van der Waals surface area contributed by atoms with Gasteiger partial charge in [-0.1, -0.05) is 19.1 Å². The summed E-state index contributed by atoms with van der Waals surface area (Å²) in [6.07, 6.45) is -3.24. The topological polar surface area (TPSA) is 44.8 Å². The van der Waals surface area contributed by atoms with Gasteiger partial charge >= 0.3 is 18.8 Å². The fourth-order valence-corrected chi connectivity index (χ4v) is 2.20. The minimum Gasteiger partial charge on any atom is -0.466 e. The fraction of sp³-hybridized carbons (Fsp3) is 0.381. The number of hydrogen-bond acceptors (Lipinski definition) is 4. The molecule has 166 valence electrons. The van der Waals surface area contributed by atoms with Crippen molar-refractivity contribution >= 4 is 5.97 Å². The zero-order valence-corrected chi connectivity index (χ0v) is 16.8. The van der Waals surface area contributed by atoms with E-state index in [2.05, 4.69) is 9.47 Å². The number of benzene rings is 2. The standard InChI is InChI=1S/C15H11F5O2.C6H12O2/c1-9-3-2-4-11(7-9)21-12-6-5-10(15(18,19)20)8-13(12)22-14(16)17;1-3-5-6(7)8-4-2/h2-8,14H,1H3;3-5H2,1-2H3. The summed E-state index contributed by atoms with van der Waals surface area (Å²) < 4.78 is 76.7. The van der Waals surface area contributed by atoms with E-state index in [4.69, 9.17) is 4.74 Å². The average Bonchev–Trinajstić information content (AvgIpc) is 2.63. The van der Waals surface area contributed by atoms with Gasteiger partial charge < -0.3 is 14.2 Å². The van der Waals surface area contributed by atoms with Gasteiger partial charge in [-0.05, 0) is 56.2 Å². The van der Waals surface area contributed by atoms with E-state index in [0.717, 1.165) is 24.1 Å². The Kier molecular flexibility index (Phi) is 10.1. The van der Waals surface area contributed by atoms with Gasteiger partial charge in [0, 0.05) is 6.42 Å². The van der Waals surface area contributed by atoms with Crippen LogP contribution in [0.4, 0.5) is 22.0 Å². The quantitative estimate of drug-likeness (QED) is 0.357. The summed E-state index contributed by atoms with van der Waals surface area (Å²) in [6, 6.07) is 8.79. The van der Waals surface area contributed by atoms with Gasteiger partial charge in [0.05, 0.1) is 12.2 Å². The van der Waals surface area contributed by atoms with Crippen LogP contribution >= 0.6 is 0 Å². The van der Waals surface area contributed by atoms with Crippen LogP contribution in [0.15, 0.2) is 42.5 Å². The van der Waals surface area contributed by atoms with Gasteiger partial charge in [0.2, 0.25) is 0 Å². The molecule has 0 spiro atoms. The molecule has 0 heterocycles. The summed E-state index contributed by atoms with van der Waals surface area (Å²) in [5.41, 5.74) is -0.250. The maximum absolute atomic E-state index is 12.6. The highest BCUT2D eigenvalue weighted by molar-refractivity contribution is 5.69. The summed E-state index contributed by atoms with van der Waals surface area (Å²) in [6.45, 7) is 2.79. The molecule has 2 rings (SSSR count). The minimum atomic E-state index is -4.66. The number of halogens is 5. The van der Waals surface area contributed by atoms with Crippen molar-refractivity contribution in [2.75, 3.05) is 6.61 Å². The monoisotopic (exact) mass is 434 g/mol. The van der Waals surface area contributed by atoms with Crippen LogP contribution in [-0.2, 0) is 15.7 Å². The summed E-state index contributed by atoms with van der Waals surface area (Å²) >= 11 is 0. The molecule has 30 heavy (non-hydrogen) atoms. The summed E-state index contributed by atoms with van der Waals surface area (Å²) in [4.78, 5) is 10.4. The maximum Gasteiger partial charge on any atom is 0.416 e. The predicted octanol–water partition coefficient (Wildman–Crippen LogP) is 6.76. The van der Waals surface area contributed by atoms with Crippen LogP contribution in [0.1, 0.15) is 37.8 Å². The Morgan fingerprint density at radius 3 is 2.27 bits per heavy atom. The molecule has 0 amide bonds. The molecule has 0 aliphatic heterocycles. The number of ether oxygens (including phenoxy) is 3. The van der Waals surface area contributed by atoms with Gasteiger partial charge in [0.25, 0.3) is 0 Å². The van der Waals surface area contributed by atoms with Gasteiger partial charge in [0.15, 0.2) is 11.5 Å². The van der Waals surface area contributed by atoms with Gasteiger partial charge in [0.1, 0.15) is 5.75 Å². The van der Waals surface area contributed by atoms with Crippen molar-refractivity contribution < 1.29 is 41.0 Å². The van der Waals surface area contributed by atoms with Crippen LogP contribution in [0.25, 0.3) is 0 Å². The van der Waals surface area contributed by atoms with Crippen LogP contribution < -0.4 is 9.47 Å². The minimum absolute atomic E-state index is 0.0880. The maximum atomic E-state index is 12.6. The van der Waals surface area contributed by atoms with E-state index >= 15 is 0 Å². The Morgan fingerprint density at radius 2 is 1.73 bits per heavy atom. The molecular formula is C21H23F5O4. The lowest BCUT2D eigenvalue weighted by molar-refractivity contribution is -0.143. The van der Waals surface area contributed by atoms with E-state index in [1.54, 1.807) is 31.2 Å². The zero-order valence-electron chi connectivity index (χ0n) is 16.8. The normalized spacial score (nSPS) is 10.8. The first-order chi connectivity index (χ1) is 14.1. The van der Waals surface area contributed by atoms with Gasteiger partial charge in [-0.15, -0.1) is 0 Å². The summed E-state index contributed by atoms with van der Waals surface area (Å²) in [5, 5.41) is 0. The molecule has 0 bridgehead atoms. The molecule has 2 aromatic rings. The molecule has 0 N–H and O–H groups in total. The van der Waals surface area contributed by atoms with Crippen LogP contribution in [0.5, 0.6) is 17.2 Å². The Balaban J connectivity index is 0.000000479. The van der Waals surface area contributed by atoms with Crippen molar-refractivity contribution in [3.05, 3.63) is 53.6 Å². The molecule has 4 nitrogen and oxygen atoms in total. The molecule has 0 radical (unpaired) electrons. The van der Waals surface area contributed by atoms with Crippen molar-refractivity contribution in [2.45, 2.75) is 46.4 Å². The lowest BCUT2D eigenvalue weighted by Gasteiger charge is -2.14. The Hall–Kier alpha value is -2.84. The van der Waals surface area contributed by atoms with Crippen LogP contribution in [0.3, 0.4) is 0 Å². The van der Waals surface area contributed by atoms with Crippen molar-refractivity contribution in [1.29, 1.82) is 0 Å². The highest BCUT2D eigenvalue weighted by Crippen LogP contribution is 2.38. The molecular weight excluding hydrogens is 411 g/mol. The van der Waals surface area contributed by atoms with E-state index in [9.17, 15) is 26.7 Å². The molecule has 0 aromatic heterocycles. The molecule has 0 aliphatic rings. The second-order valence-electron chi connectivity index (χ2n) is 6.01. The first-order valence-corrected chi connectivity index (χ1v) is 9.13. The van der Waals surface area contributed by atoms with Gasteiger partial charge in [-0.2, -0.15) is 22.0 Å². The number of rotatable bonds is 7. The molecule has 0 unspecified atom stereocenters. The van der Waals surface area contributed by atoms with Crippen molar-refractivity contribution in [2.24, 2.45) is 0 Å². The van der Waals surface area contributed by atoms with E-state index in [0.29, 0.717) is 24.8 Å². The van der Waals surface area contributed by atoms with Crippen LogP contribution in [0.2, 0.25) is 0 Å². The van der Waals surface area contributed by atoms with Crippen molar-refractivity contribution in [3.63, 3.8) is 0 Å². The van der Waals surface area contributed by atoms with Crippen LogP contribution in [-0.4, -0.2) is 19.2 Å². The number of hydrogen-bond donors (Lipinski definition) is 0. The average molecular weight is 434 g/mol. The summed E-state index contributed by atoms with van der Waals surface area (Å²) in [7, 11) is 0. The Bertz CT molecular complexity index is 798. The van der Waals surface area contributed by atoms with E-state index in [1.807, 2.05) is 13.8 Å². The molecule has 0 saturated heterocycles. The third-order valence-corrected chi connectivity index (χ3v) is 3.46. The lowest BCUT2D eigenvalue weighted by atomic mass is 10.2. The first kappa shape index (κ1) is 25.2. The number of esters is 1. The molecule has 0 saturated carbocycles. The third-order valence-electron chi connectivity index (χ3n) is 3.46. The largest absolute Gasteiger partial charge is 0.466 e. The second-order valence-corrected chi connectivity index (χ2v) is 6.01. The van der Waals surface area contributed by atoms with E-state index in [1.165, 1.54) is 0 Å². The van der Waals surface area contributed by atoms with Gasteiger partial charge in [-0.3, -0.25) is 4.79 Å². The van der Waals surface area contributed by atoms with Crippen molar-refractivity contribution in [1.82, 2.24) is 0 Å². The third kappa shape index (κ3) is 9.11. The molecule has 2 aromatic carbocycles. The molecule has 0 fully saturated rings. The molecule has 0 atom stereocenters. The molecule has 0 aliphatic carbocycles. The van der Waals surface area contributed by atoms with Crippen LogP contribution in [0, 0.1) is 6.92 Å². The predicted molar refractivity (Wildman–Crippen MR) is 101 cm³/mol.